The van der Waals surface area contributed by atoms with E-state index in [0.29, 0.717) is 42.5 Å². The van der Waals surface area contributed by atoms with Crippen LogP contribution in [0.4, 0.5) is 52.7 Å². The van der Waals surface area contributed by atoms with Gasteiger partial charge in [-0.2, -0.15) is 8.78 Å². The Hall–Kier alpha value is -5.28. The molecule has 0 atom stereocenters. The van der Waals surface area contributed by atoms with Gasteiger partial charge in [0.15, 0.2) is 29.1 Å². The van der Waals surface area contributed by atoms with Gasteiger partial charge >= 0.3 is 7.32 Å². The molecule has 236 valence electrons. The molecular formula is C30H11BF12O3. The summed E-state index contributed by atoms with van der Waals surface area (Å²) in [5.74, 6) is -23.6. The lowest BCUT2D eigenvalue weighted by Crippen LogP contribution is -2.38. The number of benzene rings is 5. The molecule has 0 aliphatic carbocycles. The summed E-state index contributed by atoms with van der Waals surface area (Å²) in [6.45, 7) is 0. The van der Waals surface area contributed by atoms with E-state index in [0.717, 1.165) is 0 Å². The van der Waals surface area contributed by atoms with Gasteiger partial charge in [0.2, 0.25) is 0 Å². The topological polar surface area (TPSA) is 27.7 Å². The molecule has 3 nitrogen and oxygen atoms in total. The van der Waals surface area contributed by atoms with E-state index in [2.05, 4.69) is 0 Å². The predicted octanol–water partition coefficient (Wildman–Crippen LogP) is 9.21. The molecule has 0 saturated heterocycles. The van der Waals surface area contributed by atoms with Crippen molar-refractivity contribution in [3.05, 3.63) is 137 Å². The Balaban J connectivity index is 1.56. The molecule has 0 aliphatic heterocycles. The van der Waals surface area contributed by atoms with E-state index < -0.39 is 117 Å². The molecule has 5 rings (SSSR count). The van der Waals surface area contributed by atoms with Crippen LogP contribution < -0.4 is 14.0 Å². The Kier molecular flexibility index (Phi) is 8.81. The van der Waals surface area contributed by atoms with Gasteiger partial charge in [0.05, 0.1) is 11.1 Å². The molecule has 0 heterocycles. The Bertz CT molecular complexity index is 1870. The minimum atomic E-state index is -2.81. The largest absolute Gasteiger partial charge is 0.864 e. The molecule has 5 aromatic rings. The van der Waals surface area contributed by atoms with Crippen LogP contribution in [0.15, 0.2) is 66.7 Å². The summed E-state index contributed by atoms with van der Waals surface area (Å²) < 4.78 is 188. The van der Waals surface area contributed by atoms with Gasteiger partial charge in [-0.15, -0.1) is 0 Å². The monoisotopic (exact) mass is 658 g/mol. The SMILES string of the molecule is Fc1ccc(-c2c(F)cc(OB(Oc3cc(F)ccc3F)Oc3cc(F)c(-c4ccc(F)cc4F)c(F)c3F)c(F)c2F)c(F)c1. The molecule has 16 heteroatoms. The van der Waals surface area contributed by atoms with E-state index in [4.69, 9.17) is 14.0 Å². The van der Waals surface area contributed by atoms with Crippen molar-refractivity contribution in [3.63, 3.8) is 0 Å². The quantitative estimate of drug-likeness (QED) is 0.0946. The summed E-state index contributed by atoms with van der Waals surface area (Å²) in [5, 5.41) is 0. The first-order chi connectivity index (χ1) is 21.7. The number of halogens is 12. The fourth-order valence-electron chi connectivity index (χ4n) is 4.15. The van der Waals surface area contributed by atoms with Crippen LogP contribution in [0.2, 0.25) is 0 Å². The van der Waals surface area contributed by atoms with Gasteiger partial charge in [-0.25, -0.2) is 43.9 Å². The maximum absolute atomic E-state index is 15.1. The van der Waals surface area contributed by atoms with Crippen molar-refractivity contribution in [2.24, 2.45) is 0 Å². The molecule has 0 aromatic heterocycles. The standard InChI is InChI=1S/C30H11BF12O3/c32-12-1-4-15(18(36)7-12)25-20(38)10-23(27(40)29(25)42)45-31(44-22-9-14(34)3-6-17(22)35)46-24-11-21(39)26(30(43)28(24)41)16-5-2-13(33)8-19(16)37/h1-11H. The van der Waals surface area contributed by atoms with Crippen molar-refractivity contribution in [2.75, 3.05) is 0 Å². The molecule has 0 unspecified atom stereocenters. The molecule has 0 amide bonds. The van der Waals surface area contributed by atoms with E-state index in [9.17, 15) is 43.9 Å². The Morgan fingerprint density at radius 3 is 1.17 bits per heavy atom. The Labute approximate surface area is 250 Å². The average Bonchev–Trinajstić information content (AvgIpc) is 2.98. The third-order valence-corrected chi connectivity index (χ3v) is 6.21. The summed E-state index contributed by atoms with van der Waals surface area (Å²) in [6, 6.07) is 4.63. The second-order valence-corrected chi connectivity index (χ2v) is 9.18. The highest BCUT2D eigenvalue weighted by Crippen LogP contribution is 2.37. The number of rotatable bonds is 8. The van der Waals surface area contributed by atoms with E-state index in [1.54, 1.807) is 0 Å². The summed E-state index contributed by atoms with van der Waals surface area (Å²) in [4.78, 5) is 0. The van der Waals surface area contributed by atoms with Crippen LogP contribution in [-0.4, -0.2) is 7.32 Å². The zero-order valence-electron chi connectivity index (χ0n) is 22.2. The van der Waals surface area contributed by atoms with E-state index in [-0.39, 0.29) is 24.3 Å². The van der Waals surface area contributed by atoms with Crippen molar-refractivity contribution < 1.29 is 66.6 Å². The summed E-state index contributed by atoms with van der Waals surface area (Å²) >= 11 is 0. The third-order valence-electron chi connectivity index (χ3n) is 6.21. The molecule has 0 spiro atoms. The van der Waals surface area contributed by atoms with Crippen LogP contribution in [0.3, 0.4) is 0 Å². The number of hydrogen-bond acceptors (Lipinski definition) is 3. The molecule has 0 saturated carbocycles. The highest BCUT2D eigenvalue weighted by molar-refractivity contribution is 6.39. The van der Waals surface area contributed by atoms with E-state index in [1.807, 2.05) is 0 Å². The van der Waals surface area contributed by atoms with Crippen LogP contribution >= 0.6 is 0 Å². The van der Waals surface area contributed by atoms with Crippen molar-refractivity contribution in [3.8, 4) is 39.5 Å². The van der Waals surface area contributed by atoms with Gasteiger partial charge < -0.3 is 14.0 Å². The molecule has 0 bridgehead atoms. The molecule has 0 aliphatic rings. The van der Waals surface area contributed by atoms with Gasteiger partial charge in [-0.05, 0) is 36.4 Å². The second-order valence-electron chi connectivity index (χ2n) is 9.18. The van der Waals surface area contributed by atoms with Crippen LogP contribution in [0, 0.1) is 69.8 Å². The van der Waals surface area contributed by atoms with Crippen LogP contribution in [0.1, 0.15) is 0 Å². The number of hydrogen-bond donors (Lipinski definition) is 0. The third kappa shape index (κ3) is 6.27. The molecule has 46 heavy (non-hydrogen) atoms. The van der Waals surface area contributed by atoms with Crippen LogP contribution in [0.5, 0.6) is 17.2 Å². The van der Waals surface area contributed by atoms with E-state index >= 15 is 8.78 Å². The molecule has 0 radical (unpaired) electrons. The van der Waals surface area contributed by atoms with Gasteiger partial charge in [0.25, 0.3) is 0 Å². The lowest BCUT2D eigenvalue weighted by atomic mass is 10.0. The first kappa shape index (κ1) is 32.1. The normalized spacial score (nSPS) is 11.0. The average molecular weight is 658 g/mol. The molecule has 0 N–H and O–H groups in total. The second kappa shape index (κ2) is 12.6. The fraction of sp³-hybridized carbons (Fsp3) is 0. The van der Waals surface area contributed by atoms with E-state index in [1.165, 1.54) is 0 Å². The molecular weight excluding hydrogens is 647 g/mol. The highest BCUT2D eigenvalue weighted by Gasteiger charge is 2.37. The first-order valence-electron chi connectivity index (χ1n) is 12.5. The van der Waals surface area contributed by atoms with Gasteiger partial charge in [0.1, 0.15) is 58.0 Å². The van der Waals surface area contributed by atoms with Crippen molar-refractivity contribution in [1.29, 1.82) is 0 Å². The first-order valence-corrected chi connectivity index (χ1v) is 12.5. The van der Waals surface area contributed by atoms with Gasteiger partial charge in [0, 0.05) is 41.5 Å². The molecule has 0 fully saturated rings. The lowest BCUT2D eigenvalue weighted by molar-refractivity contribution is 0.281. The zero-order valence-corrected chi connectivity index (χ0v) is 22.2. The fourth-order valence-corrected chi connectivity index (χ4v) is 4.15. The summed E-state index contributed by atoms with van der Waals surface area (Å²) in [5.41, 5.74) is -4.48. The lowest BCUT2D eigenvalue weighted by Gasteiger charge is -2.19. The maximum Gasteiger partial charge on any atom is 0.864 e. The van der Waals surface area contributed by atoms with Gasteiger partial charge in [-0.1, -0.05) is 0 Å². The van der Waals surface area contributed by atoms with Crippen LogP contribution in [-0.2, 0) is 0 Å². The predicted molar refractivity (Wildman–Crippen MR) is 137 cm³/mol. The smallest absolute Gasteiger partial charge is 0.487 e. The minimum absolute atomic E-state index is 0.0934. The van der Waals surface area contributed by atoms with Gasteiger partial charge in [-0.3, -0.25) is 0 Å². The zero-order chi connectivity index (χ0) is 33.4. The van der Waals surface area contributed by atoms with Crippen LogP contribution in [0.25, 0.3) is 22.3 Å². The van der Waals surface area contributed by atoms with Crippen molar-refractivity contribution in [2.45, 2.75) is 0 Å². The van der Waals surface area contributed by atoms with Crippen molar-refractivity contribution >= 4 is 7.32 Å². The minimum Gasteiger partial charge on any atom is -0.487 e. The maximum atomic E-state index is 15.1. The Morgan fingerprint density at radius 1 is 0.348 bits per heavy atom. The summed E-state index contributed by atoms with van der Waals surface area (Å²) in [6.07, 6.45) is 0. The van der Waals surface area contributed by atoms with Crippen molar-refractivity contribution in [1.82, 2.24) is 0 Å². The highest BCUT2D eigenvalue weighted by atomic mass is 19.2. The Morgan fingerprint density at radius 2 is 0.739 bits per heavy atom. The molecule has 5 aromatic carbocycles. The summed E-state index contributed by atoms with van der Waals surface area (Å²) in [7, 11) is -2.81.